The van der Waals surface area contributed by atoms with Crippen molar-refractivity contribution in [3.05, 3.63) is 52.5 Å². The minimum atomic E-state index is -0.0417. The van der Waals surface area contributed by atoms with Crippen LogP contribution in [0.1, 0.15) is 5.56 Å². The third-order valence-corrected chi connectivity index (χ3v) is 4.70. The van der Waals surface area contributed by atoms with E-state index < -0.39 is 0 Å². The number of carbonyl (C=O) groups is 1. The van der Waals surface area contributed by atoms with Gasteiger partial charge in [0.2, 0.25) is 5.91 Å². The molecule has 104 valence electrons. The highest BCUT2D eigenvalue weighted by Crippen LogP contribution is 2.25. The molecule has 2 rings (SSSR count). The highest BCUT2D eigenvalue weighted by Gasteiger charge is 2.06. The van der Waals surface area contributed by atoms with E-state index in [9.17, 15) is 4.79 Å². The number of halogens is 1. The van der Waals surface area contributed by atoms with Gasteiger partial charge in [-0.05, 0) is 42.8 Å². The van der Waals surface area contributed by atoms with E-state index in [0.29, 0.717) is 11.4 Å². The molecule has 0 saturated carbocycles. The molecule has 0 bridgehead atoms. The minimum Gasteiger partial charge on any atom is -0.398 e. The molecule has 0 saturated heterocycles. The first kappa shape index (κ1) is 14.9. The van der Waals surface area contributed by atoms with Gasteiger partial charge in [0.25, 0.3) is 0 Å². The highest BCUT2D eigenvalue weighted by atomic mass is 79.9. The van der Waals surface area contributed by atoms with Crippen LogP contribution >= 0.6 is 27.7 Å². The maximum atomic E-state index is 11.9. The van der Waals surface area contributed by atoms with Gasteiger partial charge in [-0.1, -0.05) is 28.1 Å². The largest absolute Gasteiger partial charge is 0.398 e. The lowest BCUT2D eigenvalue weighted by Crippen LogP contribution is -2.14. The maximum absolute atomic E-state index is 11.9. The lowest BCUT2D eigenvalue weighted by Gasteiger charge is -2.08. The average molecular weight is 351 g/mol. The van der Waals surface area contributed by atoms with E-state index in [2.05, 4.69) is 21.2 Å². The topological polar surface area (TPSA) is 55.1 Å². The van der Waals surface area contributed by atoms with Crippen LogP contribution in [0.25, 0.3) is 0 Å². The van der Waals surface area contributed by atoms with Crippen molar-refractivity contribution in [3.63, 3.8) is 0 Å². The van der Waals surface area contributed by atoms with Gasteiger partial charge in [-0.2, -0.15) is 0 Å². The zero-order valence-electron chi connectivity index (χ0n) is 11.0. The number of nitrogens with two attached hydrogens (primary N) is 1. The molecule has 2 aromatic rings. The van der Waals surface area contributed by atoms with Crippen LogP contribution in [-0.2, 0) is 4.79 Å². The van der Waals surface area contributed by atoms with Crippen molar-refractivity contribution in [2.24, 2.45) is 0 Å². The van der Waals surface area contributed by atoms with Gasteiger partial charge in [-0.3, -0.25) is 4.79 Å². The summed E-state index contributed by atoms with van der Waals surface area (Å²) in [5, 5.41) is 2.88. The molecular weight excluding hydrogens is 336 g/mol. The molecule has 0 aromatic heterocycles. The molecule has 0 aliphatic rings. The van der Waals surface area contributed by atoms with Crippen LogP contribution in [-0.4, -0.2) is 11.7 Å². The molecule has 20 heavy (non-hydrogen) atoms. The summed E-state index contributed by atoms with van der Waals surface area (Å²) in [6.45, 7) is 1.99. The summed E-state index contributed by atoms with van der Waals surface area (Å²) in [5.41, 5.74) is 8.43. The summed E-state index contributed by atoms with van der Waals surface area (Å²) in [5.74, 6) is 0.295. The zero-order valence-corrected chi connectivity index (χ0v) is 13.4. The summed E-state index contributed by atoms with van der Waals surface area (Å²) in [7, 11) is 0. The number of carbonyl (C=O) groups excluding carboxylic acids is 1. The van der Waals surface area contributed by atoms with Gasteiger partial charge in [0, 0.05) is 20.7 Å². The first-order valence-corrected chi connectivity index (χ1v) is 7.87. The molecule has 0 spiro atoms. The van der Waals surface area contributed by atoms with Crippen LogP contribution in [0.2, 0.25) is 0 Å². The summed E-state index contributed by atoms with van der Waals surface area (Å²) in [4.78, 5) is 12.8. The number of para-hydroxylation sites is 1. The molecule has 3 nitrogen and oxygen atoms in total. The van der Waals surface area contributed by atoms with E-state index in [1.807, 2.05) is 49.4 Å². The molecule has 1 amide bonds. The number of rotatable bonds is 4. The number of benzene rings is 2. The van der Waals surface area contributed by atoms with Gasteiger partial charge in [-0.15, -0.1) is 11.8 Å². The second kappa shape index (κ2) is 6.81. The Hall–Kier alpha value is -1.46. The molecule has 0 atom stereocenters. The maximum Gasteiger partial charge on any atom is 0.234 e. The molecular formula is C15H15BrN2OS. The van der Waals surface area contributed by atoms with Gasteiger partial charge in [-0.25, -0.2) is 0 Å². The van der Waals surface area contributed by atoms with Gasteiger partial charge in [0.05, 0.1) is 5.75 Å². The van der Waals surface area contributed by atoms with E-state index >= 15 is 0 Å². The fourth-order valence-corrected chi connectivity index (χ4v) is 2.69. The van der Waals surface area contributed by atoms with Crippen LogP contribution in [0.15, 0.2) is 51.8 Å². The number of amides is 1. The Morgan fingerprint density at radius 1 is 1.30 bits per heavy atom. The van der Waals surface area contributed by atoms with Crippen molar-refractivity contribution >= 4 is 45.0 Å². The van der Waals surface area contributed by atoms with Crippen molar-refractivity contribution in [2.45, 2.75) is 11.8 Å². The number of anilines is 2. The molecule has 2 aromatic carbocycles. The van der Waals surface area contributed by atoms with Crippen molar-refractivity contribution in [2.75, 3.05) is 16.8 Å². The van der Waals surface area contributed by atoms with Crippen LogP contribution in [0.4, 0.5) is 11.4 Å². The second-order valence-electron chi connectivity index (χ2n) is 4.34. The van der Waals surface area contributed by atoms with Gasteiger partial charge < -0.3 is 11.1 Å². The Labute approximate surface area is 131 Å². The zero-order chi connectivity index (χ0) is 14.5. The van der Waals surface area contributed by atoms with Gasteiger partial charge in [0.15, 0.2) is 0 Å². The Morgan fingerprint density at radius 3 is 2.75 bits per heavy atom. The van der Waals surface area contributed by atoms with Crippen LogP contribution in [0, 0.1) is 6.92 Å². The van der Waals surface area contributed by atoms with E-state index in [1.54, 1.807) is 0 Å². The summed E-state index contributed by atoms with van der Waals surface area (Å²) >= 11 is 4.87. The molecule has 3 N–H and O–H groups in total. The smallest absolute Gasteiger partial charge is 0.234 e. The fraction of sp³-hybridized carbons (Fsp3) is 0.133. The Bertz CT molecular complexity index is 631. The van der Waals surface area contributed by atoms with E-state index in [4.69, 9.17) is 5.73 Å². The number of hydrogen-bond acceptors (Lipinski definition) is 3. The predicted octanol–water partition coefficient (Wildman–Crippen LogP) is 4.07. The predicted molar refractivity (Wildman–Crippen MR) is 89.1 cm³/mol. The molecule has 0 fully saturated rings. The number of aryl methyl sites for hydroxylation is 1. The molecule has 0 aliphatic heterocycles. The molecule has 5 heteroatoms. The quantitative estimate of drug-likeness (QED) is 0.645. The average Bonchev–Trinajstić information content (AvgIpc) is 2.42. The number of hydrogen-bond donors (Lipinski definition) is 2. The van der Waals surface area contributed by atoms with Crippen molar-refractivity contribution in [3.8, 4) is 0 Å². The van der Waals surface area contributed by atoms with Crippen LogP contribution in [0.3, 0.4) is 0 Å². The molecule has 0 heterocycles. The summed E-state index contributed by atoms with van der Waals surface area (Å²) < 4.78 is 1.03. The normalized spacial score (nSPS) is 10.3. The second-order valence-corrected chi connectivity index (χ2v) is 6.21. The van der Waals surface area contributed by atoms with Gasteiger partial charge in [0.1, 0.15) is 0 Å². The third-order valence-electron chi connectivity index (χ3n) is 2.72. The van der Waals surface area contributed by atoms with E-state index in [-0.39, 0.29) is 5.91 Å². The van der Waals surface area contributed by atoms with E-state index in [1.165, 1.54) is 11.8 Å². The Kier molecular flexibility index (Phi) is 5.09. The molecule has 0 aliphatic carbocycles. The van der Waals surface area contributed by atoms with Crippen molar-refractivity contribution in [1.82, 2.24) is 0 Å². The van der Waals surface area contributed by atoms with Crippen molar-refractivity contribution < 1.29 is 4.79 Å². The van der Waals surface area contributed by atoms with Gasteiger partial charge >= 0.3 is 0 Å². The lowest BCUT2D eigenvalue weighted by molar-refractivity contribution is -0.113. The summed E-state index contributed by atoms with van der Waals surface area (Å²) in [6.07, 6.45) is 0. The molecule has 0 radical (unpaired) electrons. The Morgan fingerprint density at radius 2 is 2.05 bits per heavy atom. The lowest BCUT2D eigenvalue weighted by atomic mass is 10.2. The van der Waals surface area contributed by atoms with Crippen molar-refractivity contribution in [1.29, 1.82) is 0 Å². The molecule has 0 unspecified atom stereocenters. The fourth-order valence-electron chi connectivity index (χ4n) is 1.67. The number of nitrogen functional groups attached to an aromatic ring is 1. The standard InChI is InChI=1S/C15H15BrN2OS/c1-10-8-11(6-7-12(10)16)18-15(19)9-20-14-5-3-2-4-13(14)17/h2-8H,9,17H2,1H3,(H,18,19). The SMILES string of the molecule is Cc1cc(NC(=O)CSc2ccccc2N)ccc1Br. The Balaban J connectivity index is 1.93. The monoisotopic (exact) mass is 350 g/mol. The van der Waals surface area contributed by atoms with Crippen LogP contribution in [0.5, 0.6) is 0 Å². The van der Waals surface area contributed by atoms with Crippen LogP contribution < -0.4 is 11.1 Å². The third kappa shape index (κ3) is 4.02. The number of nitrogens with one attached hydrogen (secondary N) is 1. The minimum absolute atomic E-state index is 0.0417. The highest BCUT2D eigenvalue weighted by molar-refractivity contribution is 9.10. The first-order valence-electron chi connectivity index (χ1n) is 6.09. The van der Waals surface area contributed by atoms with E-state index in [0.717, 1.165) is 20.6 Å². The first-order chi connectivity index (χ1) is 9.56. The number of thioether (sulfide) groups is 1. The summed E-state index contributed by atoms with van der Waals surface area (Å²) in [6, 6.07) is 13.3.